The molecule has 2 aromatic rings. The summed E-state index contributed by atoms with van der Waals surface area (Å²) in [4.78, 5) is 4.54. The topological polar surface area (TPSA) is 39.1 Å². The number of aryl methyl sites for hydroxylation is 2. The van der Waals surface area contributed by atoms with Crippen LogP contribution in [0.5, 0.6) is 5.75 Å². The summed E-state index contributed by atoms with van der Waals surface area (Å²) >= 11 is 0. The van der Waals surface area contributed by atoms with Crippen LogP contribution in [0.4, 0.5) is 5.95 Å². The number of para-hydroxylation sites is 1. The zero-order valence-electron chi connectivity index (χ0n) is 12.1. The Balaban J connectivity index is 1.61. The van der Waals surface area contributed by atoms with Gasteiger partial charge in [0.05, 0.1) is 12.2 Å². The van der Waals surface area contributed by atoms with Crippen molar-refractivity contribution in [3.63, 3.8) is 0 Å². The number of hydrogen-bond donors (Lipinski definition) is 1. The minimum absolute atomic E-state index is 0.194. The third kappa shape index (κ3) is 2.64. The molecule has 0 spiro atoms. The highest BCUT2D eigenvalue weighted by Gasteiger charge is 2.22. The maximum Gasteiger partial charge on any atom is 0.203 e. The Morgan fingerprint density at radius 2 is 2.25 bits per heavy atom. The number of benzene rings is 1. The number of rotatable bonds is 5. The largest absolute Gasteiger partial charge is 0.488 e. The summed E-state index contributed by atoms with van der Waals surface area (Å²) in [5.41, 5.74) is 2.35. The van der Waals surface area contributed by atoms with E-state index in [4.69, 9.17) is 4.74 Å². The van der Waals surface area contributed by atoms with Crippen molar-refractivity contribution in [1.82, 2.24) is 9.55 Å². The normalized spacial score (nSPS) is 16.8. The van der Waals surface area contributed by atoms with E-state index in [1.54, 1.807) is 0 Å². The van der Waals surface area contributed by atoms with Crippen LogP contribution < -0.4 is 10.1 Å². The van der Waals surface area contributed by atoms with E-state index in [0.717, 1.165) is 43.3 Å². The number of anilines is 1. The third-order valence-electron chi connectivity index (χ3n) is 3.56. The van der Waals surface area contributed by atoms with Gasteiger partial charge in [0, 0.05) is 19.2 Å². The number of hydrogen-bond acceptors (Lipinski definition) is 3. The Morgan fingerprint density at radius 1 is 1.40 bits per heavy atom. The van der Waals surface area contributed by atoms with Crippen LogP contribution in [0.2, 0.25) is 0 Å². The van der Waals surface area contributed by atoms with Crippen molar-refractivity contribution in [2.45, 2.75) is 39.3 Å². The molecule has 3 rings (SSSR count). The third-order valence-corrected chi connectivity index (χ3v) is 3.56. The van der Waals surface area contributed by atoms with Crippen molar-refractivity contribution in [3.05, 3.63) is 41.7 Å². The zero-order chi connectivity index (χ0) is 13.9. The second-order valence-electron chi connectivity index (χ2n) is 5.33. The van der Waals surface area contributed by atoms with Crippen molar-refractivity contribution >= 4 is 5.95 Å². The molecule has 106 valence electrons. The molecule has 0 saturated carbocycles. The Hall–Kier alpha value is -1.97. The van der Waals surface area contributed by atoms with Gasteiger partial charge in [-0.3, -0.25) is 0 Å². The molecule has 1 atom stereocenters. The van der Waals surface area contributed by atoms with Gasteiger partial charge in [-0.25, -0.2) is 4.98 Å². The molecule has 0 amide bonds. The average molecular weight is 271 g/mol. The molecule has 0 saturated heterocycles. The fraction of sp³-hybridized carbons (Fsp3) is 0.438. The summed E-state index contributed by atoms with van der Waals surface area (Å²) in [6.07, 6.45) is 4.36. The minimum Gasteiger partial charge on any atom is -0.488 e. The van der Waals surface area contributed by atoms with E-state index in [1.165, 1.54) is 5.56 Å². The Bertz CT molecular complexity index is 566. The number of ether oxygens (including phenoxy) is 1. The monoisotopic (exact) mass is 271 g/mol. The van der Waals surface area contributed by atoms with E-state index in [-0.39, 0.29) is 6.10 Å². The molecule has 1 aliphatic rings. The quantitative estimate of drug-likeness (QED) is 0.908. The number of imidazole rings is 1. The molecule has 2 heterocycles. The number of aromatic nitrogens is 2. The molecule has 0 aliphatic carbocycles. The van der Waals surface area contributed by atoms with Gasteiger partial charge in [0.1, 0.15) is 11.9 Å². The van der Waals surface area contributed by atoms with E-state index in [9.17, 15) is 0 Å². The molecule has 4 nitrogen and oxygen atoms in total. The lowest BCUT2D eigenvalue weighted by molar-refractivity contribution is 0.246. The molecule has 0 bridgehead atoms. The second-order valence-corrected chi connectivity index (χ2v) is 5.33. The smallest absolute Gasteiger partial charge is 0.203 e. The molecule has 1 aromatic carbocycles. The first kappa shape index (κ1) is 13.0. The van der Waals surface area contributed by atoms with Gasteiger partial charge in [0.15, 0.2) is 0 Å². The van der Waals surface area contributed by atoms with Crippen molar-refractivity contribution in [2.75, 3.05) is 11.9 Å². The standard InChI is InChI=1S/C16H21N3O/c1-3-8-19-11-12(2)18-16(19)17-10-14-9-13-6-4-5-7-15(13)20-14/h4-7,11,14H,3,8-10H2,1-2H3,(H,17,18). The Morgan fingerprint density at radius 3 is 3.05 bits per heavy atom. The van der Waals surface area contributed by atoms with Crippen LogP contribution >= 0.6 is 0 Å². The van der Waals surface area contributed by atoms with E-state index in [2.05, 4.69) is 40.1 Å². The highest BCUT2D eigenvalue weighted by Crippen LogP contribution is 2.28. The molecular weight excluding hydrogens is 250 g/mol. The van der Waals surface area contributed by atoms with Gasteiger partial charge < -0.3 is 14.6 Å². The van der Waals surface area contributed by atoms with Gasteiger partial charge in [-0.2, -0.15) is 0 Å². The van der Waals surface area contributed by atoms with Crippen LogP contribution in [-0.2, 0) is 13.0 Å². The Kier molecular flexibility index (Phi) is 3.63. The summed E-state index contributed by atoms with van der Waals surface area (Å²) in [5, 5.41) is 3.42. The predicted octanol–water partition coefficient (Wildman–Crippen LogP) is 3.02. The summed E-state index contributed by atoms with van der Waals surface area (Å²) in [6.45, 7) is 5.98. The van der Waals surface area contributed by atoms with Crippen LogP contribution in [0.1, 0.15) is 24.6 Å². The van der Waals surface area contributed by atoms with Crippen molar-refractivity contribution in [1.29, 1.82) is 0 Å². The number of nitrogens with zero attached hydrogens (tertiary/aromatic N) is 2. The lowest BCUT2D eigenvalue weighted by atomic mass is 10.1. The maximum absolute atomic E-state index is 5.94. The first-order valence-corrected chi connectivity index (χ1v) is 7.28. The van der Waals surface area contributed by atoms with E-state index in [1.807, 2.05) is 19.1 Å². The lowest BCUT2D eigenvalue weighted by Crippen LogP contribution is -2.25. The van der Waals surface area contributed by atoms with Gasteiger partial charge in [0.25, 0.3) is 0 Å². The maximum atomic E-state index is 5.94. The summed E-state index contributed by atoms with van der Waals surface area (Å²) in [5.74, 6) is 1.97. The van der Waals surface area contributed by atoms with Gasteiger partial charge in [-0.1, -0.05) is 25.1 Å². The zero-order valence-corrected chi connectivity index (χ0v) is 12.1. The number of fused-ring (bicyclic) bond motifs is 1. The van der Waals surface area contributed by atoms with Crippen LogP contribution in [0.15, 0.2) is 30.5 Å². The fourth-order valence-corrected chi connectivity index (χ4v) is 2.67. The lowest BCUT2D eigenvalue weighted by Gasteiger charge is -2.13. The Labute approximate surface area is 119 Å². The predicted molar refractivity (Wildman–Crippen MR) is 80.3 cm³/mol. The fourth-order valence-electron chi connectivity index (χ4n) is 2.67. The van der Waals surface area contributed by atoms with E-state index < -0.39 is 0 Å². The molecule has 20 heavy (non-hydrogen) atoms. The molecular formula is C16H21N3O. The molecule has 1 aromatic heterocycles. The van der Waals surface area contributed by atoms with E-state index in [0.29, 0.717) is 0 Å². The minimum atomic E-state index is 0.194. The highest BCUT2D eigenvalue weighted by atomic mass is 16.5. The molecule has 0 fully saturated rings. The van der Waals surface area contributed by atoms with Crippen LogP contribution in [0.25, 0.3) is 0 Å². The SMILES string of the molecule is CCCn1cc(C)nc1NCC1Cc2ccccc2O1. The summed E-state index contributed by atoms with van der Waals surface area (Å²) in [7, 11) is 0. The van der Waals surface area contributed by atoms with Gasteiger partial charge in [0.2, 0.25) is 5.95 Å². The average Bonchev–Trinajstić information content (AvgIpc) is 3.00. The first-order chi connectivity index (χ1) is 9.76. The molecule has 1 aliphatic heterocycles. The summed E-state index contributed by atoms with van der Waals surface area (Å²) in [6, 6.07) is 8.26. The molecule has 0 radical (unpaired) electrons. The van der Waals surface area contributed by atoms with Gasteiger partial charge >= 0.3 is 0 Å². The van der Waals surface area contributed by atoms with Gasteiger partial charge in [-0.05, 0) is 25.0 Å². The van der Waals surface area contributed by atoms with Crippen molar-refractivity contribution < 1.29 is 4.74 Å². The molecule has 1 N–H and O–H groups in total. The second kappa shape index (κ2) is 5.57. The number of nitrogens with one attached hydrogen (secondary N) is 1. The molecule has 4 heteroatoms. The molecule has 1 unspecified atom stereocenters. The first-order valence-electron chi connectivity index (χ1n) is 7.28. The van der Waals surface area contributed by atoms with Crippen LogP contribution in [0.3, 0.4) is 0 Å². The van der Waals surface area contributed by atoms with Crippen LogP contribution in [-0.4, -0.2) is 22.2 Å². The van der Waals surface area contributed by atoms with E-state index >= 15 is 0 Å². The summed E-state index contributed by atoms with van der Waals surface area (Å²) < 4.78 is 8.11. The van der Waals surface area contributed by atoms with Crippen molar-refractivity contribution in [3.8, 4) is 5.75 Å². The van der Waals surface area contributed by atoms with Crippen molar-refractivity contribution in [2.24, 2.45) is 0 Å². The highest BCUT2D eigenvalue weighted by molar-refractivity contribution is 5.38. The van der Waals surface area contributed by atoms with Crippen LogP contribution in [0, 0.1) is 6.92 Å². The van der Waals surface area contributed by atoms with Gasteiger partial charge in [-0.15, -0.1) is 0 Å².